The molecule has 0 aliphatic rings. The van der Waals surface area contributed by atoms with Gasteiger partial charge in [0.05, 0.1) is 40.3 Å². The van der Waals surface area contributed by atoms with Crippen LogP contribution in [-0.4, -0.2) is 82.3 Å². The van der Waals surface area contributed by atoms with Crippen molar-refractivity contribution in [3.8, 4) is 0 Å². The van der Waals surface area contributed by atoms with Crippen LogP contribution in [0, 0.1) is 0 Å². The third-order valence-corrected chi connectivity index (χ3v) is 11.6. The van der Waals surface area contributed by atoms with Crippen LogP contribution in [0.2, 0.25) is 0 Å². The number of rotatable bonds is 51. The standard InChI is InChI=1S/C66H105NO8/c1-6-8-10-12-14-16-18-20-22-24-26-28-30-32-34-36-38-40-42-44-46-48-50-52-54-56-63(68)73-60-62(61-74-66(65(70)71)72-59-58-67(3,4)5)75-64(69)57-55-53-51-49-47-45-43-41-39-37-35-33-31-29-27-25-23-21-19-17-15-13-11-9-7-2/h8-11,14-17,20-23,26-29,32-35,38-41,62,66H,6-7,12-13,18-19,24-25,30-31,36-37,42-61H2,1-5H3/b10-8-,11-9-,16-14-,17-15-,22-20-,23-21-,28-26-,29-27-,34-32-,35-33-,40-38-,41-39-. The first kappa shape index (κ1) is 70.2. The zero-order valence-corrected chi connectivity index (χ0v) is 47.9. The summed E-state index contributed by atoms with van der Waals surface area (Å²) in [4.78, 5) is 37.3. The van der Waals surface area contributed by atoms with Gasteiger partial charge < -0.3 is 33.3 Å². The lowest BCUT2D eigenvalue weighted by Crippen LogP contribution is -2.44. The predicted molar refractivity (Wildman–Crippen MR) is 315 cm³/mol. The number of hydrogen-bond donors (Lipinski definition) is 0. The van der Waals surface area contributed by atoms with Crippen molar-refractivity contribution in [1.29, 1.82) is 0 Å². The van der Waals surface area contributed by atoms with Crippen molar-refractivity contribution in [2.24, 2.45) is 0 Å². The Labute approximate surface area is 458 Å². The highest BCUT2D eigenvalue weighted by molar-refractivity contribution is 5.70. The lowest BCUT2D eigenvalue weighted by atomic mass is 10.1. The summed E-state index contributed by atoms with van der Waals surface area (Å²) in [5, 5.41) is 11.8. The fourth-order valence-corrected chi connectivity index (χ4v) is 7.19. The molecular weight excluding hydrogens is 935 g/mol. The normalized spacial score (nSPS) is 13.9. The Morgan fingerprint density at radius 2 is 0.720 bits per heavy atom. The predicted octanol–water partition coefficient (Wildman–Crippen LogP) is 15.9. The average Bonchev–Trinajstić information content (AvgIpc) is 3.38. The Bertz CT molecular complexity index is 1730. The average molecular weight is 1040 g/mol. The van der Waals surface area contributed by atoms with Gasteiger partial charge in [-0.3, -0.25) is 9.59 Å². The maximum atomic E-state index is 12.9. The molecule has 0 aliphatic carbocycles. The van der Waals surface area contributed by atoms with Crippen LogP contribution in [0.15, 0.2) is 146 Å². The molecule has 75 heavy (non-hydrogen) atoms. The quantitative estimate of drug-likeness (QED) is 0.0195. The highest BCUT2D eigenvalue weighted by Gasteiger charge is 2.22. The van der Waals surface area contributed by atoms with E-state index in [4.69, 9.17) is 18.9 Å². The summed E-state index contributed by atoms with van der Waals surface area (Å²) in [5.74, 6) is -2.34. The molecule has 9 nitrogen and oxygen atoms in total. The van der Waals surface area contributed by atoms with Gasteiger partial charge in [-0.05, 0) is 116 Å². The van der Waals surface area contributed by atoms with Crippen molar-refractivity contribution in [2.75, 3.05) is 47.5 Å². The first-order chi connectivity index (χ1) is 36.6. The van der Waals surface area contributed by atoms with Crippen molar-refractivity contribution in [2.45, 2.75) is 206 Å². The largest absolute Gasteiger partial charge is 0.545 e. The Hall–Kier alpha value is -4.83. The van der Waals surface area contributed by atoms with E-state index in [1.165, 1.54) is 0 Å². The van der Waals surface area contributed by atoms with Crippen molar-refractivity contribution in [1.82, 2.24) is 0 Å². The molecule has 0 aromatic heterocycles. The monoisotopic (exact) mass is 1040 g/mol. The van der Waals surface area contributed by atoms with Crippen molar-refractivity contribution >= 4 is 17.9 Å². The number of esters is 2. The number of carbonyl (C=O) groups is 3. The van der Waals surface area contributed by atoms with Crippen LogP contribution in [0.4, 0.5) is 0 Å². The number of unbranched alkanes of at least 4 members (excludes halogenated alkanes) is 12. The summed E-state index contributed by atoms with van der Waals surface area (Å²) >= 11 is 0. The van der Waals surface area contributed by atoms with Crippen LogP contribution < -0.4 is 5.11 Å². The van der Waals surface area contributed by atoms with Crippen LogP contribution in [0.3, 0.4) is 0 Å². The molecule has 9 heteroatoms. The lowest BCUT2D eigenvalue weighted by molar-refractivity contribution is -0.870. The van der Waals surface area contributed by atoms with E-state index in [0.717, 1.165) is 154 Å². The Morgan fingerprint density at radius 1 is 0.400 bits per heavy atom. The van der Waals surface area contributed by atoms with E-state index in [0.29, 0.717) is 23.9 Å². The zero-order valence-electron chi connectivity index (χ0n) is 47.9. The van der Waals surface area contributed by atoms with E-state index in [2.05, 4.69) is 160 Å². The second-order valence-electron chi connectivity index (χ2n) is 19.8. The highest BCUT2D eigenvalue weighted by Crippen LogP contribution is 2.13. The van der Waals surface area contributed by atoms with Gasteiger partial charge >= 0.3 is 11.9 Å². The van der Waals surface area contributed by atoms with Gasteiger partial charge in [-0.1, -0.05) is 211 Å². The summed E-state index contributed by atoms with van der Waals surface area (Å²) in [6.07, 6.45) is 77.4. The number of nitrogens with zero attached hydrogens (tertiary/aromatic N) is 1. The summed E-state index contributed by atoms with van der Waals surface area (Å²) in [6, 6.07) is 0. The van der Waals surface area contributed by atoms with Crippen LogP contribution in [-0.2, 0) is 33.3 Å². The summed E-state index contributed by atoms with van der Waals surface area (Å²) in [6.45, 7) is 4.46. The Balaban J connectivity index is 4.38. The summed E-state index contributed by atoms with van der Waals surface area (Å²) < 4.78 is 22.7. The van der Waals surface area contributed by atoms with Gasteiger partial charge in [0.2, 0.25) is 0 Å². The molecule has 0 aromatic rings. The molecule has 2 atom stereocenters. The molecule has 0 N–H and O–H groups in total. The summed E-state index contributed by atoms with van der Waals surface area (Å²) in [7, 11) is 5.90. The fourth-order valence-electron chi connectivity index (χ4n) is 7.19. The lowest BCUT2D eigenvalue weighted by Gasteiger charge is -2.26. The molecule has 0 saturated carbocycles. The minimum atomic E-state index is -1.64. The minimum absolute atomic E-state index is 0.133. The minimum Gasteiger partial charge on any atom is -0.545 e. The molecule has 0 fully saturated rings. The zero-order chi connectivity index (χ0) is 54.8. The molecule has 0 saturated heterocycles. The SMILES string of the molecule is CC/C=C\C/C=C\C/C=C\C/C=C\C/C=C\C/C=C\CCCCCCCCC(=O)OCC(COC(OCC[N+](C)(C)C)C(=O)[O-])OC(=O)CCCCCCCC/C=C\C/C=C\C/C=C\C/C=C\C/C=C\C/C=C\CC. The number of carbonyl (C=O) groups excluding carboxylic acids is 3. The van der Waals surface area contributed by atoms with Gasteiger partial charge in [0.25, 0.3) is 0 Å². The molecule has 0 radical (unpaired) electrons. The molecule has 2 unspecified atom stereocenters. The summed E-state index contributed by atoms with van der Waals surface area (Å²) in [5.41, 5.74) is 0. The molecule has 0 amide bonds. The Kier molecular flexibility index (Phi) is 51.8. The molecule has 0 aromatic carbocycles. The second kappa shape index (κ2) is 55.4. The fraction of sp³-hybridized carbons (Fsp3) is 0.591. The molecule has 422 valence electrons. The number of aliphatic carboxylic acids is 1. The van der Waals surface area contributed by atoms with Gasteiger partial charge in [-0.15, -0.1) is 0 Å². The van der Waals surface area contributed by atoms with E-state index in [1.807, 2.05) is 21.1 Å². The van der Waals surface area contributed by atoms with E-state index >= 15 is 0 Å². The first-order valence-corrected chi connectivity index (χ1v) is 29.0. The third-order valence-electron chi connectivity index (χ3n) is 11.6. The Morgan fingerprint density at radius 3 is 1.07 bits per heavy atom. The number of carboxylic acids is 1. The van der Waals surface area contributed by atoms with Gasteiger partial charge in [-0.2, -0.15) is 0 Å². The number of ether oxygens (including phenoxy) is 4. The van der Waals surface area contributed by atoms with E-state index in [-0.39, 0.29) is 38.6 Å². The molecule has 0 bridgehead atoms. The maximum absolute atomic E-state index is 12.9. The third kappa shape index (κ3) is 56.7. The number of carboxylic acid groups (broad SMARTS) is 1. The first-order valence-electron chi connectivity index (χ1n) is 29.0. The topological polar surface area (TPSA) is 111 Å². The molecule has 0 spiro atoms. The van der Waals surface area contributed by atoms with Gasteiger partial charge in [0.1, 0.15) is 13.2 Å². The van der Waals surface area contributed by atoms with Gasteiger partial charge in [0, 0.05) is 12.8 Å². The molecule has 0 aliphatic heterocycles. The van der Waals surface area contributed by atoms with Crippen molar-refractivity contribution in [3.63, 3.8) is 0 Å². The van der Waals surface area contributed by atoms with Crippen molar-refractivity contribution in [3.05, 3.63) is 146 Å². The van der Waals surface area contributed by atoms with Crippen molar-refractivity contribution < 1.29 is 42.9 Å². The number of quaternary nitrogens is 1. The molecule has 0 rings (SSSR count). The second-order valence-corrected chi connectivity index (χ2v) is 19.8. The van der Waals surface area contributed by atoms with E-state index in [9.17, 15) is 19.5 Å². The molecule has 0 heterocycles. The van der Waals surface area contributed by atoms with E-state index < -0.39 is 24.3 Å². The highest BCUT2D eigenvalue weighted by atomic mass is 16.7. The number of likely N-dealkylation sites (N-methyl/N-ethyl adjacent to an activating group) is 1. The van der Waals surface area contributed by atoms with Crippen LogP contribution in [0.5, 0.6) is 0 Å². The van der Waals surface area contributed by atoms with Crippen LogP contribution in [0.25, 0.3) is 0 Å². The van der Waals surface area contributed by atoms with Crippen LogP contribution in [0.1, 0.15) is 194 Å². The number of hydrogen-bond acceptors (Lipinski definition) is 8. The van der Waals surface area contributed by atoms with Gasteiger partial charge in [0.15, 0.2) is 12.4 Å². The molecular formula is C66H105NO8. The van der Waals surface area contributed by atoms with E-state index in [1.54, 1.807) is 0 Å². The van der Waals surface area contributed by atoms with Gasteiger partial charge in [-0.25, -0.2) is 0 Å². The smallest absolute Gasteiger partial charge is 0.306 e. The number of allylic oxidation sites excluding steroid dienone is 24. The van der Waals surface area contributed by atoms with Crippen LogP contribution >= 0.6 is 0 Å². The maximum Gasteiger partial charge on any atom is 0.306 e.